The van der Waals surface area contributed by atoms with Gasteiger partial charge in [0.2, 0.25) is 5.91 Å². The van der Waals surface area contributed by atoms with E-state index in [9.17, 15) is 4.79 Å². The normalized spacial score (nSPS) is 16.4. The molecule has 1 aliphatic rings. The van der Waals surface area contributed by atoms with E-state index in [1.54, 1.807) is 0 Å². The highest BCUT2D eigenvalue weighted by Crippen LogP contribution is 2.23. The zero-order valence-corrected chi connectivity index (χ0v) is 13.0. The average molecular weight is 290 g/mol. The second-order valence-electron chi connectivity index (χ2n) is 6.16. The van der Waals surface area contributed by atoms with Gasteiger partial charge in [0.25, 0.3) is 0 Å². The molecule has 0 radical (unpaired) electrons. The summed E-state index contributed by atoms with van der Waals surface area (Å²) in [6.45, 7) is 7.03. The standard InChI is InChI=1S/C16H26N4O/c1-12(2)18-10-14-3-4-16(19-11-14)20-7-5-13(6-8-20)9-15(17)21/h3-4,11-13,18H,5-10H2,1-2H3,(H2,17,21). The van der Waals surface area contributed by atoms with E-state index in [0.717, 1.165) is 38.3 Å². The lowest BCUT2D eigenvalue weighted by Crippen LogP contribution is -2.35. The molecule has 5 nitrogen and oxygen atoms in total. The van der Waals surface area contributed by atoms with E-state index in [-0.39, 0.29) is 5.91 Å². The van der Waals surface area contributed by atoms with Crippen LogP contribution in [0.25, 0.3) is 0 Å². The molecule has 1 fully saturated rings. The summed E-state index contributed by atoms with van der Waals surface area (Å²) in [6, 6.07) is 4.70. The van der Waals surface area contributed by atoms with Gasteiger partial charge in [0, 0.05) is 38.3 Å². The van der Waals surface area contributed by atoms with Gasteiger partial charge in [-0.05, 0) is 30.4 Å². The fraction of sp³-hybridized carbons (Fsp3) is 0.625. The van der Waals surface area contributed by atoms with Gasteiger partial charge in [0.1, 0.15) is 5.82 Å². The molecule has 1 aromatic heterocycles. The van der Waals surface area contributed by atoms with Crippen LogP contribution in [-0.2, 0) is 11.3 Å². The van der Waals surface area contributed by atoms with Crippen molar-refractivity contribution in [1.29, 1.82) is 0 Å². The Labute approximate surface area is 126 Å². The van der Waals surface area contributed by atoms with Crippen LogP contribution >= 0.6 is 0 Å². The van der Waals surface area contributed by atoms with Crippen LogP contribution in [0.5, 0.6) is 0 Å². The number of pyridine rings is 1. The Morgan fingerprint density at radius 3 is 2.67 bits per heavy atom. The fourth-order valence-corrected chi connectivity index (χ4v) is 2.68. The van der Waals surface area contributed by atoms with Crippen LogP contribution < -0.4 is 16.0 Å². The van der Waals surface area contributed by atoms with E-state index in [2.05, 4.69) is 41.2 Å². The molecule has 0 bridgehead atoms. The van der Waals surface area contributed by atoms with E-state index in [1.807, 2.05) is 6.20 Å². The molecule has 0 aromatic carbocycles. The number of amides is 1. The highest BCUT2D eigenvalue weighted by molar-refractivity contribution is 5.74. The SMILES string of the molecule is CC(C)NCc1ccc(N2CCC(CC(N)=O)CC2)nc1. The van der Waals surface area contributed by atoms with Gasteiger partial charge in [-0.3, -0.25) is 4.79 Å². The molecular formula is C16H26N4O. The van der Waals surface area contributed by atoms with Crippen molar-refractivity contribution in [2.24, 2.45) is 11.7 Å². The summed E-state index contributed by atoms with van der Waals surface area (Å²) in [5.74, 6) is 1.28. The van der Waals surface area contributed by atoms with Crippen molar-refractivity contribution in [2.45, 2.75) is 45.7 Å². The number of primary amides is 1. The van der Waals surface area contributed by atoms with E-state index < -0.39 is 0 Å². The monoisotopic (exact) mass is 290 g/mol. The number of anilines is 1. The Balaban J connectivity index is 1.84. The molecule has 0 atom stereocenters. The lowest BCUT2D eigenvalue weighted by Gasteiger charge is -2.32. The maximum absolute atomic E-state index is 11.0. The van der Waals surface area contributed by atoms with Gasteiger partial charge in [-0.2, -0.15) is 0 Å². The molecule has 21 heavy (non-hydrogen) atoms. The number of piperidine rings is 1. The van der Waals surface area contributed by atoms with E-state index in [4.69, 9.17) is 5.73 Å². The van der Waals surface area contributed by atoms with Crippen molar-refractivity contribution < 1.29 is 4.79 Å². The molecule has 116 valence electrons. The highest BCUT2D eigenvalue weighted by Gasteiger charge is 2.21. The number of carbonyl (C=O) groups is 1. The van der Waals surface area contributed by atoms with Gasteiger partial charge in [-0.1, -0.05) is 19.9 Å². The van der Waals surface area contributed by atoms with Crippen LogP contribution in [-0.4, -0.2) is 30.0 Å². The molecule has 2 rings (SSSR count). The molecule has 1 saturated heterocycles. The predicted octanol–water partition coefficient (Wildman–Crippen LogP) is 1.67. The minimum absolute atomic E-state index is 0.186. The molecule has 1 aromatic rings. The molecule has 0 unspecified atom stereocenters. The number of nitrogens with one attached hydrogen (secondary N) is 1. The van der Waals surface area contributed by atoms with Gasteiger partial charge in [0.15, 0.2) is 0 Å². The first kappa shape index (κ1) is 15.8. The molecule has 0 spiro atoms. The molecule has 2 heterocycles. The summed E-state index contributed by atoms with van der Waals surface area (Å²) in [7, 11) is 0. The van der Waals surface area contributed by atoms with Crippen LogP contribution in [0.3, 0.4) is 0 Å². The summed E-state index contributed by atoms with van der Waals surface area (Å²) in [5.41, 5.74) is 6.47. The highest BCUT2D eigenvalue weighted by atomic mass is 16.1. The number of rotatable bonds is 6. The van der Waals surface area contributed by atoms with Crippen molar-refractivity contribution in [1.82, 2.24) is 10.3 Å². The predicted molar refractivity (Wildman–Crippen MR) is 85.0 cm³/mol. The second-order valence-corrected chi connectivity index (χ2v) is 6.16. The van der Waals surface area contributed by atoms with Crippen molar-refractivity contribution >= 4 is 11.7 Å². The zero-order valence-electron chi connectivity index (χ0n) is 13.0. The maximum atomic E-state index is 11.0. The number of carbonyl (C=O) groups excluding carboxylic acids is 1. The van der Waals surface area contributed by atoms with Gasteiger partial charge in [0.05, 0.1) is 0 Å². The van der Waals surface area contributed by atoms with Crippen molar-refractivity contribution in [2.75, 3.05) is 18.0 Å². The van der Waals surface area contributed by atoms with Crippen LogP contribution in [0.2, 0.25) is 0 Å². The molecular weight excluding hydrogens is 264 g/mol. The molecule has 1 aliphatic heterocycles. The number of hydrogen-bond donors (Lipinski definition) is 2. The van der Waals surface area contributed by atoms with E-state index in [1.165, 1.54) is 5.56 Å². The summed E-state index contributed by atoms with van der Waals surface area (Å²) in [5, 5.41) is 3.39. The number of nitrogens with zero attached hydrogens (tertiary/aromatic N) is 2. The molecule has 3 N–H and O–H groups in total. The Morgan fingerprint density at radius 1 is 1.43 bits per heavy atom. The van der Waals surface area contributed by atoms with Crippen molar-refractivity contribution in [3.63, 3.8) is 0 Å². The fourth-order valence-electron chi connectivity index (χ4n) is 2.68. The third kappa shape index (κ3) is 5.01. The third-order valence-corrected chi connectivity index (χ3v) is 3.95. The number of nitrogens with two attached hydrogens (primary N) is 1. The summed E-state index contributed by atoms with van der Waals surface area (Å²) < 4.78 is 0. The van der Waals surface area contributed by atoms with Crippen LogP contribution in [0.15, 0.2) is 18.3 Å². The average Bonchev–Trinajstić information content (AvgIpc) is 2.46. The Kier molecular flexibility index (Phi) is 5.56. The molecule has 1 amide bonds. The Hall–Kier alpha value is -1.62. The lowest BCUT2D eigenvalue weighted by atomic mass is 9.93. The van der Waals surface area contributed by atoms with Gasteiger partial charge >= 0.3 is 0 Å². The van der Waals surface area contributed by atoms with Gasteiger partial charge < -0.3 is 16.0 Å². The molecule has 5 heteroatoms. The first-order valence-corrected chi connectivity index (χ1v) is 7.76. The summed E-state index contributed by atoms with van der Waals surface area (Å²) in [4.78, 5) is 17.8. The van der Waals surface area contributed by atoms with E-state index in [0.29, 0.717) is 18.4 Å². The van der Waals surface area contributed by atoms with E-state index >= 15 is 0 Å². The van der Waals surface area contributed by atoms with Gasteiger partial charge in [-0.25, -0.2) is 4.98 Å². The minimum atomic E-state index is -0.186. The maximum Gasteiger partial charge on any atom is 0.217 e. The topological polar surface area (TPSA) is 71.2 Å². The van der Waals surface area contributed by atoms with Crippen LogP contribution in [0.1, 0.15) is 38.7 Å². The van der Waals surface area contributed by atoms with Crippen LogP contribution in [0, 0.1) is 5.92 Å². The lowest BCUT2D eigenvalue weighted by molar-refractivity contribution is -0.119. The number of hydrogen-bond acceptors (Lipinski definition) is 4. The largest absolute Gasteiger partial charge is 0.370 e. The van der Waals surface area contributed by atoms with Gasteiger partial charge in [-0.15, -0.1) is 0 Å². The summed E-state index contributed by atoms with van der Waals surface area (Å²) in [6.07, 6.45) is 4.49. The smallest absolute Gasteiger partial charge is 0.217 e. The molecule has 0 aliphatic carbocycles. The first-order valence-electron chi connectivity index (χ1n) is 7.76. The summed E-state index contributed by atoms with van der Waals surface area (Å²) >= 11 is 0. The zero-order chi connectivity index (χ0) is 15.2. The first-order chi connectivity index (χ1) is 10.0. The van der Waals surface area contributed by atoms with Crippen molar-refractivity contribution in [3.05, 3.63) is 23.9 Å². The van der Waals surface area contributed by atoms with Crippen molar-refractivity contribution in [3.8, 4) is 0 Å². The quantitative estimate of drug-likeness (QED) is 0.836. The Bertz CT molecular complexity index is 450. The minimum Gasteiger partial charge on any atom is -0.370 e. The van der Waals surface area contributed by atoms with Crippen LogP contribution in [0.4, 0.5) is 5.82 Å². The third-order valence-electron chi connectivity index (χ3n) is 3.95. The second kappa shape index (κ2) is 7.41. The Morgan fingerprint density at radius 2 is 2.14 bits per heavy atom. The molecule has 0 saturated carbocycles. The number of aromatic nitrogens is 1.